The molecule has 1 aromatic heterocycles. The molecule has 0 spiro atoms. The molecule has 3 rings (SSSR count). The van der Waals surface area contributed by atoms with E-state index in [4.69, 9.17) is 0 Å². The molecule has 1 atom stereocenters. The van der Waals surface area contributed by atoms with Gasteiger partial charge in [-0.15, -0.1) is 0 Å². The van der Waals surface area contributed by atoms with Gasteiger partial charge in [0.15, 0.2) is 5.13 Å². The van der Waals surface area contributed by atoms with Crippen LogP contribution in [0.1, 0.15) is 13.3 Å². The zero-order chi connectivity index (χ0) is 13.6. The van der Waals surface area contributed by atoms with Crippen LogP contribution < -0.4 is 4.90 Å². The molecule has 1 aromatic carbocycles. The summed E-state index contributed by atoms with van der Waals surface area (Å²) < 4.78 is 14.2. The Balaban J connectivity index is 1.94. The molecule has 0 radical (unpaired) electrons. The summed E-state index contributed by atoms with van der Waals surface area (Å²) in [4.78, 5) is 17.5. The quantitative estimate of drug-likeness (QED) is 0.919. The largest absolute Gasteiger partial charge is 0.481 e. The van der Waals surface area contributed by atoms with E-state index in [0.29, 0.717) is 34.9 Å². The van der Waals surface area contributed by atoms with Crippen LogP contribution in [0.5, 0.6) is 0 Å². The Hall–Kier alpha value is -1.69. The van der Waals surface area contributed by atoms with Crippen LogP contribution >= 0.6 is 11.3 Å². The molecule has 0 amide bonds. The maximum Gasteiger partial charge on any atom is 0.311 e. The lowest BCUT2D eigenvalue weighted by Crippen LogP contribution is -2.31. The van der Waals surface area contributed by atoms with E-state index >= 15 is 0 Å². The number of thiazole rings is 1. The standard InChI is InChI=1S/C13H13FN2O2S/c1-13(11(17)18)5-6-16(7-13)12-15-9-4-2-3-8(14)10(9)19-12/h2-4H,5-7H2,1H3,(H,17,18). The van der Waals surface area contributed by atoms with Crippen molar-refractivity contribution in [2.24, 2.45) is 5.41 Å². The predicted octanol–water partition coefficient (Wildman–Crippen LogP) is 2.74. The molecule has 4 nitrogen and oxygen atoms in total. The first-order chi connectivity index (χ1) is 8.99. The van der Waals surface area contributed by atoms with E-state index in [9.17, 15) is 14.3 Å². The van der Waals surface area contributed by atoms with Gasteiger partial charge in [-0.05, 0) is 25.5 Å². The van der Waals surface area contributed by atoms with Crippen LogP contribution in [0.25, 0.3) is 10.2 Å². The molecule has 0 aliphatic carbocycles. The summed E-state index contributed by atoms with van der Waals surface area (Å²) in [5, 5.41) is 9.92. The average molecular weight is 280 g/mol. The summed E-state index contributed by atoms with van der Waals surface area (Å²) in [6, 6.07) is 4.81. The zero-order valence-corrected chi connectivity index (χ0v) is 11.2. The number of nitrogens with zero attached hydrogens (tertiary/aromatic N) is 2. The van der Waals surface area contributed by atoms with Crippen LogP contribution in [-0.4, -0.2) is 29.1 Å². The molecule has 1 unspecified atom stereocenters. The summed E-state index contributed by atoms with van der Waals surface area (Å²) in [5.74, 6) is -1.07. The van der Waals surface area contributed by atoms with Crippen LogP contribution in [0.15, 0.2) is 18.2 Å². The highest BCUT2D eigenvalue weighted by molar-refractivity contribution is 7.22. The fourth-order valence-electron chi connectivity index (χ4n) is 2.34. The average Bonchev–Trinajstić information content (AvgIpc) is 2.94. The van der Waals surface area contributed by atoms with Gasteiger partial charge in [0.1, 0.15) is 5.82 Å². The van der Waals surface area contributed by atoms with Gasteiger partial charge in [-0.1, -0.05) is 17.4 Å². The number of benzene rings is 1. The number of carboxylic acids is 1. The third kappa shape index (κ3) is 1.96. The van der Waals surface area contributed by atoms with Crippen LogP contribution in [0.3, 0.4) is 0 Å². The van der Waals surface area contributed by atoms with E-state index in [2.05, 4.69) is 4.98 Å². The minimum absolute atomic E-state index is 0.276. The summed E-state index contributed by atoms with van der Waals surface area (Å²) in [6.07, 6.45) is 0.584. The smallest absolute Gasteiger partial charge is 0.311 e. The molecule has 0 saturated carbocycles. The van der Waals surface area contributed by atoms with Crippen molar-refractivity contribution in [2.45, 2.75) is 13.3 Å². The van der Waals surface area contributed by atoms with Crippen molar-refractivity contribution in [1.29, 1.82) is 0 Å². The van der Waals surface area contributed by atoms with Crippen LogP contribution in [0, 0.1) is 11.2 Å². The van der Waals surface area contributed by atoms with E-state index in [0.717, 1.165) is 0 Å². The molecule has 1 fully saturated rings. The number of hydrogen-bond donors (Lipinski definition) is 1. The van der Waals surface area contributed by atoms with Gasteiger partial charge in [0, 0.05) is 13.1 Å². The molecule has 1 saturated heterocycles. The molecule has 19 heavy (non-hydrogen) atoms. The first kappa shape index (κ1) is 12.3. The second-order valence-corrected chi connectivity index (χ2v) is 6.10. The summed E-state index contributed by atoms with van der Waals surface area (Å²) in [6.45, 7) is 2.80. The summed E-state index contributed by atoms with van der Waals surface area (Å²) >= 11 is 1.28. The van der Waals surface area contributed by atoms with Crippen molar-refractivity contribution in [3.05, 3.63) is 24.0 Å². The van der Waals surface area contributed by atoms with Gasteiger partial charge in [0.25, 0.3) is 0 Å². The molecule has 2 heterocycles. The van der Waals surface area contributed by atoms with E-state index < -0.39 is 11.4 Å². The molecular formula is C13H13FN2O2S. The van der Waals surface area contributed by atoms with Crippen molar-refractivity contribution in [1.82, 2.24) is 4.98 Å². The lowest BCUT2D eigenvalue weighted by atomic mass is 9.90. The highest BCUT2D eigenvalue weighted by Gasteiger charge is 2.41. The fraction of sp³-hybridized carbons (Fsp3) is 0.385. The first-order valence-corrected chi connectivity index (χ1v) is 6.85. The molecule has 100 valence electrons. The number of carbonyl (C=O) groups is 1. The number of aromatic nitrogens is 1. The third-order valence-corrected chi connectivity index (χ3v) is 4.76. The van der Waals surface area contributed by atoms with Crippen molar-refractivity contribution in [3.8, 4) is 0 Å². The second kappa shape index (κ2) is 4.16. The molecule has 1 aliphatic rings. The van der Waals surface area contributed by atoms with Crippen LogP contribution in [0.4, 0.5) is 9.52 Å². The summed E-state index contributed by atoms with van der Waals surface area (Å²) in [5.41, 5.74) is -0.111. The second-order valence-electron chi connectivity index (χ2n) is 5.12. The third-order valence-electron chi connectivity index (χ3n) is 3.62. The minimum Gasteiger partial charge on any atom is -0.481 e. The fourth-order valence-corrected chi connectivity index (χ4v) is 3.33. The summed E-state index contributed by atoms with van der Waals surface area (Å²) in [7, 11) is 0. The van der Waals surface area contributed by atoms with Gasteiger partial charge in [0.2, 0.25) is 0 Å². The highest BCUT2D eigenvalue weighted by Crippen LogP contribution is 2.37. The Bertz CT molecular complexity index is 657. The van der Waals surface area contributed by atoms with Gasteiger partial charge in [-0.25, -0.2) is 9.37 Å². The number of hydrogen-bond acceptors (Lipinski definition) is 4. The topological polar surface area (TPSA) is 53.4 Å². The highest BCUT2D eigenvalue weighted by atomic mass is 32.1. The SMILES string of the molecule is CC1(C(=O)O)CCN(c2nc3cccc(F)c3s2)C1. The van der Waals surface area contributed by atoms with Gasteiger partial charge in [-0.2, -0.15) is 0 Å². The number of aliphatic carboxylic acids is 1. The Morgan fingerprint density at radius 1 is 1.58 bits per heavy atom. The molecule has 1 N–H and O–H groups in total. The lowest BCUT2D eigenvalue weighted by molar-refractivity contribution is -0.146. The molecule has 6 heteroatoms. The van der Waals surface area contributed by atoms with Gasteiger partial charge in [-0.3, -0.25) is 4.79 Å². The molecule has 1 aliphatic heterocycles. The predicted molar refractivity (Wildman–Crippen MR) is 72.2 cm³/mol. The molecular weight excluding hydrogens is 267 g/mol. The van der Waals surface area contributed by atoms with Gasteiger partial charge >= 0.3 is 5.97 Å². The Labute approximate surface area is 113 Å². The van der Waals surface area contributed by atoms with Gasteiger partial charge < -0.3 is 10.0 Å². The van der Waals surface area contributed by atoms with Crippen LogP contribution in [-0.2, 0) is 4.79 Å². The number of fused-ring (bicyclic) bond motifs is 1. The van der Waals surface area contributed by atoms with Gasteiger partial charge in [0.05, 0.1) is 15.6 Å². The Kier molecular flexibility index (Phi) is 2.70. The van der Waals surface area contributed by atoms with E-state index in [1.807, 2.05) is 4.90 Å². The number of anilines is 1. The number of halogens is 1. The van der Waals surface area contributed by atoms with E-state index in [-0.39, 0.29) is 5.82 Å². The number of rotatable bonds is 2. The maximum atomic E-state index is 13.6. The minimum atomic E-state index is -0.790. The Morgan fingerprint density at radius 3 is 3.00 bits per heavy atom. The lowest BCUT2D eigenvalue weighted by Gasteiger charge is -2.19. The first-order valence-electron chi connectivity index (χ1n) is 6.03. The van der Waals surface area contributed by atoms with E-state index in [1.54, 1.807) is 19.1 Å². The maximum absolute atomic E-state index is 13.6. The van der Waals surface area contributed by atoms with Crippen molar-refractivity contribution < 1.29 is 14.3 Å². The zero-order valence-electron chi connectivity index (χ0n) is 10.4. The van der Waals surface area contributed by atoms with E-state index in [1.165, 1.54) is 17.4 Å². The monoisotopic (exact) mass is 280 g/mol. The van der Waals surface area contributed by atoms with Crippen LogP contribution in [0.2, 0.25) is 0 Å². The number of carboxylic acid groups (broad SMARTS) is 1. The van der Waals surface area contributed by atoms with Crippen molar-refractivity contribution in [2.75, 3.05) is 18.0 Å². The molecule has 2 aromatic rings. The molecule has 0 bridgehead atoms. The normalized spacial score (nSPS) is 23.2. The van der Waals surface area contributed by atoms with Crippen molar-refractivity contribution >= 4 is 32.7 Å². The van der Waals surface area contributed by atoms with Crippen molar-refractivity contribution in [3.63, 3.8) is 0 Å². The Morgan fingerprint density at radius 2 is 2.37 bits per heavy atom.